The minimum atomic E-state index is -1.02. The van der Waals surface area contributed by atoms with Crippen LogP contribution in [0.1, 0.15) is 36.1 Å². The smallest absolute Gasteiger partial charge is 0.300 e. The van der Waals surface area contributed by atoms with E-state index in [1.165, 1.54) is 24.1 Å². The Labute approximate surface area is 214 Å². The van der Waals surface area contributed by atoms with Crippen molar-refractivity contribution in [2.45, 2.75) is 26.3 Å². The van der Waals surface area contributed by atoms with E-state index in [2.05, 4.69) is 0 Å². The molecule has 1 amide bonds. The average Bonchev–Trinajstić information content (AvgIpc) is 3.15. The van der Waals surface area contributed by atoms with Gasteiger partial charge in [-0.3, -0.25) is 14.5 Å². The third kappa shape index (κ3) is 4.50. The fraction of sp³-hybridized carbons (Fsp3) is 0.214. The van der Waals surface area contributed by atoms with Crippen molar-refractivity contribution in [2.24, 2.45) is 0 Å². The number of methoxy groups -OCH3 is 1. The van der Waals surface area contributed by atoms with Crippen molar-refractivity contribution < 1.29 is 29.3 Å². The van der Waals surface area contributed by atoms with E-state index in [9.17, 15) is 19.8 Å². The predicted molar refractivity (Wildman–Crippen MR) is 138 cm³/mol. The normalized spacial score (nSPS) is 16.9. The monoisotopic (exact) mass is 507 g/mol. The summed E-state index contributed by atoms with van der Waals surface area (Å²) in [5, 5.41) is 21.6. The Morgan fingerprint density at radius 1 is 1.06 bits per heavy atom. The second-order valence-electron chi connectivity index (χ2n) is 8.39. The van der Waals surface area contributed by atoms with Gasteiger partial charge in [-0.25, -0.2) is 0 Å². The summed E-state index contributed by atoms with van der Waals surface area (Å²) in [5.41, 5.74) is 1.89. The fourth-order valence-electron chi connectivity index (χ4n) is 4.24. The molecule has 3 aromatic carbocycles. The molecule has 8 heteroatoms. The van der Waals surface area contributed by atoms with Crippen LogP contribution in [0.4, 0.5) is 5.69 Å². The van der Waals surface area contributed by atoms with Gasteiger partial charge in [0.05, 0.1) is 30.4 Å². The number of Topliss-reactive ketones (excluding diaryl/α,β-unsaturated/α-hetero) is 1. The number of carbonyl (C=O) groups is 2. The van der Waals surface area contributed by atoms with Crippen LogP contribution < -0.4 is 14.4 Å². The van der Waals surface area contributed by atoms with E-state index in [0.29, 0.717) is 29.2 Å². The van der Waals surface area contributed by atoms with Crippen LogP contribution in [0, 0.1) is 6.92 Å². The van der Waals surface area contributed by atoms with Crippen LogP contribution in [-0.2, 0) is 9.59 Å². The molecule has 1 fully saturated rings. The number of ketones is 1. The van der Waals surface area contributed by atoms with Crippen LogP contribution in [0.3, 0.4) is 0 Å². The molecule has 36 heavy (non-hydrogen) atoms. The summed E-state index contributed by atoms with van der Waals surface area (Å²) in [6.45, 7) is 4.40. The number of nitrogens with zero attached hydrogens (tertiary/aromatic N) is 1. The number of halogens is 1. The lowest BCUT2D eigenvalue weighted by molar-refractivity contribution is -0.132. The van der Waals surface area contributed by atoms with E-state index < -0.39 is 17.7 Å². The number of aryl methyl sites for hydroxylation is 1. The maximum Gasteiger partial charge on any atom is 0.300 e. The van der Waals surface area contributed by atoms with Gasteiger partial charge in [-0.05, 0) is 66.9 Å². The molecule has 1 saturated heterocycles. The van der Waals surface area contributed by atoms with E-state index in [-0.39, 0.29) is 27.9 Å². The Kier molecular flexibility index (Phi) is 7.22. The molecule has 0 radical (unpaired) electrons. The summed E-state index contributed by atoms with van der Waals surface area (Å²) in [7, 11) is 1.37. The number of ether oxygens (including phenoxy) is 2. The number of aliphatic hydroxyl groups excluding tert-OH is 1. The number of para-hydroxylation sites is 1. The van der Waals surface area contributed by atoms with Gasteiger partial charge in [0.2, 0.25) is 0 Å². The highest BCUT2D eigenvalue weighted by Gasteiger charge is 2.47. The van der Waals surface area contributed by atoms with Gasteiger partial charge in [-0.2, -0.15) is 0 Å². The summed E-state index contributed by atoms with van der Waals surface area (Å²) < 4.78 is 11.0. The van der Waals surface area contributed by atoms with Gasteiger partial charge >= 0.3 is 0 Å². The average molecular weight is 508 g/mol. The highest BCUT2D eigenvalue weighted by atomic mass is 35.5. The molecule has 1 aliphatic rings. The molecule has 0 saturated carbocycles. The van der Waals surface area contributed by atoms with Gasteiger partial charge in [-0.15, -0.1) is 0 Å². The number of aromatic hydroxyl groups is 1. The molecule has 1 aliphatic heterocycles. The number of anilines is 1. The first-order valence-corrected chi connectivity index (χ1v) is 11.8. The van der Waals surface area contributed by atoms with Crippen LogP contribution in [-0.4, -0.2) is 35.6 Å². The van der Waals surface area contributed by atoms with Crippen molar-refractivity contribution in [3.63, 3.8) is 0 Å². The largest absolute Gasteiger partial charge is 0.507 e. The Bertz CT molecular complexity index is 1350. The van der Waals surface area contributed by atoms with E-state index in [0.717, 1.165) is 12.0 Å². The number of rotatable bonds is 7. The van der Waals surface area contributed by atoms with Gasteiger partial charge in [-0.1, -0.05) is 36.7 Å². The van der Waals surface area contributed by atoms with E-state index in [1.807, 2.05) is 13.8 Å². The summed E-state index contributed by atoms with van der Waals surface area (Å²) in [4.78, 5) is 27.9. The molecule has 2 N–H and O–H groups in total. The lowest BCUT2D eigenvalue weighted by atomic mass is 9.94. The van der Waals surface area contributed by atoms with Crippen LogP contribution in [0.5, 0.6) is 17.2 Å². The zero-order valence-electron chi connectivity index (χ0n) is 20.1. The number of hydrogen-bond acceptors (Lipinski definition) is 6. The Morgan fingerprint density at radius 2 is 1.78 bits per heavy atom. The van der Waals surface area contributed by atoms with E-state index >= 15 is 0 Å². The lowest BCUT2D eigenvalue weighted by Gasteiger charge is -2.26. The molecule has 1 unspecified atom stereocenters. The Hall–Kier alpha value is -3.97. The first-order valence-electron chi connectivity index (χ1n) is 11.4. The van der Waals surface area contributed by atoms with Crippen molar-refractivity contribution in [1.29, 1.82) is 0 Å². The fourth-order valence-corrected chi connectivity index (χ4v) is 4.46. The maximum absolute atomic E-state index is 13.3. The standard InChI is InChI=1S/C28H26ClNO6/c1-4-12-36-21-11-10-17(13-16(21)2)25(31)23-24(18-14-20(29)26(32)22(15-18)35-3)30(28(34)27(23)33)19-8-6-5-7-9-19/h5-11,13-15,24,31-32H,4,12H2,1-3H3/b25-23+. The second-order valence-corrected chi connectivity index (χ2v) is 8.79. The first kappa shape index (κ1) is 25.1. The zero-order valence-corrected chi connectivity index (χ0v) is 20.9. The minimum absolute atomic E-state index is 0.0173. The molecule has 7 nitrogen and oxygen atoms in total. The van der Waals surface area contributed by atoms with Crippen LogP contribution in [0.2, 0.25) is 5.02 Å². The number of phenols is 1. The zero-order chi connectivity index (χ0) is 26.0. The van der Waals surface area contributed by atoms with Crippen molar-refractivity contribution in [2.75, 3.05) is 18.6 Å². The van der Waals surface area contributed by atoms with Crippen molar-refractivity contribution >= 4 is 34.7 Å². The van der Waals surface area contributed by atoms with E-state index in [1.54, 1.807) is 48.5 Å². The molecular formula is C28H26ClNO6. The summed E-state index contributed by atoms with van der Waals surface area (Å²) in [6.07, 6.45) is 0.850. The molecule has 4 rings (SSSR count). The number of hydrogen-bond donors (Lipinski definition) is 2. The summed E-state index contributed by atoms with van der Waals surface area (Å²) in [5.74, 6) is -1.49. The molecule has 0 spiro atoms. The van der Waals surface area contributed by atoms with Crippen molar-refractivity contribution in [3.8, 4) is 17.2 Å². The number of benzene rings is 3. The Morgan fingerprint density at radius 3 is 2.42 bits per heavy atom. The molecule has 0 aliphatic carbocycles. The SMILES string of the molecule is CCCOc1ccc(/C(O)=C2\C(=O)C(=O)N(c3ccccc3)C2c2cc(Cl)c(O)c(OC)c2)cc1C. The van der Waals surface area contributed by atoms with Crippen LogP contribution in [0.15, 0.2) is 66.2 Å². The first-order chi connectivity index (χ1) is 17.3. The minimum Gasteiger partial charge on any atom is -0.507 e. The molecule has 3 aromatic rings. The summed E-state index contributed by atoms with van der Waals surface area (Å²) in [6, 6.07) is 15.7. The van der Waals surface area contributed by atoms with E-state index in [4.69, 9.17) is 21.1 Å². The van der Waals surface area contributed by atoms with Gasteiger partial charge in [0, 0.05) is 11.3 Å². The quantitative estimate of drug-likeness (QED) is 0.239. The third-order valence-corrected chi connectivity index (χ3v) is 6.26. The van der Waals surface area contributed by atoms with Crippen molar-refractivity contribution in [3.05, 3.63) is 87.9 Å². The molecular weight excluding hydrogens is 482 g/mol. The topological polar surface area (TPSA) is 96.3 Å². The Balaban J connectivity index is 1.93. The predicted octanol–water partition coefficient (Wildman–Crippen LogP) is 5.78. The van der Waals surface area contributed by atoms with Crippen LogP contribution >= 0.6 is 11.6 Å². The highest BCUT2D eigenvalue weighted by molar-refractivity contribution is 6.51. The van der Waals surface area contributed by atoms with Gasteiger partial charge < -0.3 is 19.7 Å². The third-order valence-electron chi connectivity index (χ3n) is 5.98. The molecule has 0 aromatic heterocycles. The molecule has 186 valence electrons. The van der Waals surface area contributed by atoms with Crippen molar-refractivity contribution in [1.82, 2.24) is 0 Å². The van der Waals surface area contributed by atoms with Gasteiger partial charge in [0.15, 0.2) is 11.5 Å². The van der Waals surface area contributed by atoms with Gasteiger partial charge in [0.1, 0.15) is 11.5 Å². The number of carbonyl (C=O) groups excluding carboxylic acids is 2. The lowest BCUT2D eigenvalue weighted by Crippen LogP contribution is -2.29. The second kappa shape index (κ2) is 10.3. The highest BCUT2D eigenvalue weighted by Crippen LogP contribution is 2.46. The summed E-state index contributed by atoms with van der Waals surface area (Å²) >= 11 is 6.26. The molecule has 1 heterocycles. The number of amides is 1. The number of phenolic OH excluding ortho intramolecular Hbond substituents is 1. The van der Waals surface area contributed by atoms with Gasteiger partial charge in [0.25, 0.3) is 11.7 Å². The van der Waals surface area contributed by atoms with Crippen LogP contribution in [0.25, 0.3) is 5.76 Å². The number of aliphatic hydroxyl groups is 1. The molecule has 1 atom stereocenters. The maximum atomic E-state index is 13.3. The molecule has 0 bridgehead atoms.